The average molecular weight is 341 g/mol. The third-order valence-electron chi connectivity index (χ3n) is 3.70. The highest BCUT2D eigenvalue weighted by molar-refractivity contribution is 5.96. The summed E-state index contributed by atoms with van der Waals surface area (Å²) in [5.74, 6) is -0.198. The second-order valence-electron chi connectivity index (χ2n) is 5.47. The highest BCUT2D eigenvalue weighted by atomic mass is 16.5. The van der Waals surface area contributed by atoms with Gasteiger partial charge in [-0.1, -0.05) is 18.2 Å². The van der Waals surface area contributed by atoms with Crippen LogP contribution in [0, 0.1) is 0 Å². The molecule has 0 aromatic heterocycles. The number of hydrogen-bond acceptors (Lipinski definition) is 4. The van der Waals surface area contributed by atoms with E-state index in [0.29, 0.717) is 18.7 Å². The van der Waals surface area contributed by atoms with Gasteiger partial charge in [0.05, 0.1) is 13.2 Å². The van der Waals surface area contributed by atoms with Crippen LogP contribution in [0.5, 0.6) is 0 Å². The van der Waals surface area contributed by atoms with Crippen molar-refractivity contribution >= 4 is 23.2 Å². The van der Waals surface area contributed by atoms with Gasteiger partial charge in [-0.3, -0.25) is 9.59 Å². The van der Waals surface area contributed by atoms with Gasteiger partial charge >= 0.3 is 0 Å². The standard InChI is InChI=1S/C19H23N3O3/c1-22(17-6-4-3-5-7-17)18(23)14-21-16-10-8-15(9-11-16)19(24)20-12-13-25-2/h3-11,21H,12-14H2,1-2H3,(H,20,24). The van der Waals surface area contributed by atoms with E-state index in [0.717, 1.165) is 11.4 Å². The predicted molar refractivity (Wildman–Crippen MR) is 99.0 cm³/mol. The molecular formula is C19H23N3O3. The Morgan fingerprint density at radius 1 is 1.04 bits per heavy atom. The molecule has 2 aromatic carbocycles. The number of amides is 2. The molecule has 0 saturated carbocycles. The van der Waals surface area contributed by atoms with Crippen molar-refractivity contribution in [2.45, 2.75) is 0 Å². The minimum Gasteiger partial charge on any atom is -0.383 e. The van der Waals surface area contributed by atoms with E-state index in [9.17, 15) is 9.59 Å². The first-order chi connectivity index (χ1) is 12.1. The molecular weight excluding hydrogens is 318 g/mol. The Labute approximate surface area is 147 Å². The molecule has 2 aromatic rings. The molecule has 2 amide bonds. The number of rotatable bonds is 8. The van der Waals surface area contributed by atoms with E-state index in [1.165, 1.54) is 0 Å². The van der Waals surface area contributed by atoms with E-state index in [2.05, 4.69) is 10.6 Å². The van der Waals surface area contributed by atoms with Crippen LogP contribution in [0.25, 0.3) is 0 Å². The number of carbonyl (C=O) groups excluding carboxylic acids is 2. The summed E-state index contributed by atoms with van der Waals surface area (Å²) in [6.07, 6.45) is 0. The normalized spacial score (nSPS) is 10.2. The number of likely N-dealkylation sites (N-methyl/N-ethyl adjacent to an activating group) is 1. The quantitative estimate of drug-likeness (QED) is 0.722. The van der Waals surface area contributed by atoms with Crippen LogP contribution in [-0.2, 0) is 9.53 Å². The Morgan fingerprint density at radius 2 is 1.72 bits per heavy atom. The van der Waals surface area contributed by atoms with Gasteiger partial charge in [-0.25, -0.2) is 0 Å². The molecule has 0 radical (unpaired) electrons. The highest BCUT2D eigenvalue weighted by Gasteiger charge is 2.10. The average Bonchev–Trinajstić information content (AvgIpc) is 2.66. The Hall–Kier alpha value is -2.86. The monoisotopic (exact) mass is 341 g/mol. The maximum absolute atomic E-state index is 12.2. The smallest absolute Gasteiger partial charge is 0.251 e. The summed E-state index contributed by atoms with van der Waals surface area (Å²) in [5, 5.41) is 5.83. The van der Waals surface area contributed by atoms with Crippen LogP contribution in [0.2, 0.25) is 0 Å². The van der Waals surface area contributed by atoms with Crippen LogP contribution in [0.1, 0.15) is 10.4 Å². The Morgan fingerprint density at radius 3 is 2.36 bits per heavy atom. The number of benzene rings is 2. The summed E-state index contributed by atoms with van der Waals surface area (Å²) >= 11 is 0. The molecule has 0 heterocycles. The zero-order valence-corrected chi connectivity index (χ0v) is 14.5. The van der Waals surface area contributed by atoms with Crippen molar-refractivity contribution in [3.63, 3.8) is 0 Å². The number of carbonyl (C=O) groups is 2. The van der Waals surface area contributed by atoms with Crippen LogP contribution in [-0.4, -0.2) is 45.7 Å². The first kappa shape index (κ1) is 18.5. The summed E-state index contributed by atoms with van der Waals surface area (Å²) in [5.41, 5.74) is 2.19. The van der Waals surface area contributed by atoms with Gasteiger partial charge in [-0.15, -0.1) is 0 Å². The molecule has 6 nitrogen and oxygen atoms in total. The number of para-hydroxylation sites is 1. The molecule has 0 aliphatic heterocycles. The van der Waals surface area contributed by atoms with Crippen molar-refractivity contribution in [2.75, 3.05) is 44.1 Å². The molecule has 6 heteroatoms. The second-order valence-corrected chi connectivity index (χ2v) is 5.47. The zero-order chi connectivity index (χ0) is 18.1. The predicted octanol–water partition coefficient (Wildman–Crippen LogP) is 2.14. The lowest BCUT2D eigenvalue weighted by atomic mass is 10.2. The first-order valence-corrected chi connectivity index (χ1v) is 8.04. The van der Waals surface area contributed by atoms with Crippen LogP contribution >= 0.6 is 0 Å². The van der Waals surface area contributed by atoms with Gasteiger partial charge in [-0.2, -0.15) is 0 Å². The summed E-state index contributed by atoms with van der Waals surface area (Å²) in [6, 6.07) is 16.5. The van der Waals surface area contributed by atoms with Gasteiger partial charge in [0.1, 0.15) is 0 Å². The van der Waals surface area contributed by atoms with Crippen molar-refractivity contribution in [1.29, 1.82) is 0 Å². The van der Waals surface area contributed by atoms with Gasteiger partial charge in [0.25, 0.3) is 5.91 Å². The van der Waals surface area contributed by atoms with Crippen molar-refractivity contribution in [1.82, 2.24) is 5.32 Å². The number of nitrogens with one attached hydrogen (secondary N) is 2. The van der Waals surface area contributed by atoms with E-state index in [1.807, 2.05) is 30.3 Å². The second kappa shape index (κ2) is 9.44. The van der Waals surface area contributed by atoms with Gasteiger partial charge in [-0.05, 0) is 36.4 Å². The summed E-state index contributed by atoms with van der Waals surface area (Å²) in [6.45, 7) is 1.11. The molecule has 0 aliphatic rings. The molecule has 0 unspecified atom stereocenters. The van der Waals surface area contributed by atoms with Gasteiger partial charge in [0.2, 0.25) is 5.91 Å². The third kappa shape index (κ3) is 5.61. The molecule has 0 aliphatic carbocycles. The van der Waals surface area contributed by atoms with Crippen molar-refractivity contribution in [3.05, 3.63) is 60.2 Å². The molecule has 0 fully saturated rings. The molecule has 2 N–H and O–H groups in total. The SMILES string of the molecule is COCCNC(=O)c1ccc(NCC(=O)N(C)c2ccccc2)cc1. The molecule has 0 atom stereocenters. The summed E-state index contributed by atoms with van der Waals surface area (Å²) < 4.78 is 4.89. The van der Waals surface area contributed by atoms with E-state index in [1.54, 1.807) is 43.3 Å². The van der Waals surface area contributed by atoms with Crippen molar-refractivity contribution in [2.24, 2.45) is 0 Å². The highest BCUT2D eigenvalue weighted by Crippen LogP contribution is 2.12. The molecule has 0 saturated heterocycles. The maximum atomic E-state index is 12.2. The minimum absolute atomic E-state index is 0.0485. The van der Waals surface area contributed by atoms with Crippen LogP contribution in [0.4, 0.5) is 11.4 Å². The summed E-state index contributed by atoms with van der Waals surface area (Å²) in [4.78, 5) is 25.7. The fraction of sp³-hybridized carbons (Fsp3) is 0.263. The Kier molecular flexibility index (Phi) is 6.98. The fourth-order valence-electron chi connectivity index (χ4n) is 2.20. The Bertz CT molecular complexity index is 687. The lowest BCUT2D eigenvalue weighted by Gasteiger charge is -2.18. The van der Waals surface area contributed by atoms with Crippen LogP contribution in [0.15, 0.2) is 54.6 Å². The third-order valence-corrected chi connectivity index (χ3v) is 3.70. The Balaban J connectivity index is 1.85. The largest absolute Gasteiger partial charge is 0.383 e. The number of nitrogens with zero attached hydrogens (tertiary/aromatic N) is 1. The minimum atomic E-state index is -0.150. The lowest BCUT2D eigenvalue weighted by molar-refractivity contribution is -0.116. The maximum Gasteiger partial charge on any atom is 0.251 e. The summed E-state index contributed by atoms with van der Waals surface area (Å²) in [7, 11) is 3.33. The van der Waals surface area contributed by atoms with E-state index >= 15 is 0 Å². The fourth-order valence-corrected chi connectivity index (χ4v) is 2.20. The molecule has 25 heavy (non-hydrogen) atoms. The van der Waals surface area contributed by atoms with E-state index in [-0.39, 0.29) is 18.4 Å². The number of hydrogen-bond donors (Lipinski definition) is 2. The molecule has 0 bridgehead atoms. The van der Waals surface area contributed by atoms with Crippen molar-refractivity contribution in [3.8, 4) is 0 Å². The van der Waals surface area contributed by atoms with Crippen LogP contribution in [0.3, 0.4) is 0 Å². The first-order valence-electron chi connectivity index (χ1n) is 8.04. The van der Waals surface area contributed by atoms with Gasteiger partial charge in [0, 0.05) is 37.6 Å². The molecule has 0 spiro atoms. The zero-order valence-electron chi connectivity index (χ0n) is 14.5. The van der Waals surface area contributed by atoms with Gasteiger partial charge < -0.3 is 20.3 Å². The number of methoxy groups -OCH3 is 1. The van der Waals surface area contributed by atoms with E-state index < -0.39 is 0 Å². The van der Waals surface area contributed by atoms with Crippen LogP contribution < -0.4 is 15.5 Å². The molecule has 132 valence electrons. The number of anilines is 2. The van der Waals surface area contributed by atoms with E-state index in [4.69, 9.17) is 4.74 Å². The topological polar surface area (TPSA) is 70.7 Å². The lowest BCUT2D eigenvalue weighted by Crippen LogP contribution is -2.32. The molecule has 2 rings (SSSR count). The van der Waals surface area contributed by atoms with Gasteiger partial charge in [0.15, 0.2) is 0 Å². The number of ether oxygens (including phenoxy) is 1. The van der Waals surface area contributed by atoms with Crippen molar-refractivity contribution < 1.29 is 14.3 Å².